The van der Waals surface area contributed by atoms with Crippen LogP contribution in [0.1, 0.15) is 19.8 Å². The van der Waals surface area contributed by atoms with Gasteiger partial charge < -0.3 is 5.32 Å². The molecule has 2 heteroatoms. The Labute approximate surface area is 62.0 Å². The van der Waals surface area contributed by atoms with Gasteiger partial charge >= 0.3 is 0 Å². The minimum Gasteiger partial charge on any atom is -0.317 e. The third-order valence-corrected chi connectivity index (χ3v) is 1.78. The minimum absolute atomic E-state index is 0.577. The lowest BCUT2D eigenvalue weighted by Gasteiger charge is -2.08. The fourth-order valence-electron chi connectivity index (χ4n) is 1.01. The lowest BCUT2D eigenvalue weighted by Crippen LogP contribution is -2.21. The average molecular weight is 138 g/mol. The molecule has 0 radical (unpaired) electrons. The van der Waals surface area contributed by atoms with Crippen molar-refractivity contribution in [1.82, 2.24) is 5.32 Å². The summed E-state index contributed by atoms with van der Waals surface area (Å²) in [7, 11) is 1.99. The fourth-order valence-corrected chi connectivity index (χ4v) is 1.01. The summed E-state index contributed by atoms with van der Waals surface area (Å²) in [5, 5.41) is 3.20. The molecule has 0 amide bonds. The van der Waals surface area contributed by atoms with Crippen LogP contribution in [0.5, 0.6) is 0 Å². The Morgan fingerprint density at radius 1 is 1.80 bits per heavy atom. The number of aliphatic imine (C=N–C) groups is 1. The summed E-state index contributed by atoms with van der Waals surface area (Å²) in [6.07, 6.45) is 6.09. The Bertz CT molecular complexity index is 159. The van der Waals surface area contributed by atoms with Crippen LogP contribution in [0.25, 0.3) is 0 Å². The molecular formula is C8H14N2. The van der Waals surface area contributed by atoms with E-state index in [1.54, 1.807) is 0 Å². The summed E-state index contributed by atoms with van der Waals surface area (Å²) in [5.41, 5.74) is 1.43. The molecule has 1 atom stereocenters. The summed E-state index contributed by atoms with van der Waals surface area (Å²) >= 11 is 0. The highest BCUT2D eigenvalue weighted by Crippen LogP contribution is 2.12. The molecule has 1 N–H and O–H groups in total. The first-order chi connectivity index (χ1) is 4.83. The number of rotatable bonds is 3. The van der Waals surface area contributed by atoms with Gasteiger partial charge in [-0.2, -0.15) is 0 Å². The molecule has 0 bridgehead atoms. The van der Waals surface area contributed by atoms with E-state index in [-0.39, 0.29) is 0 Å². The molecule has 0 fully saturated rings. The molecule has 1 unspecified atom stereocenters. The van der Waals surface area contributed by atoms with Gasteiger partial charge in [-0.25, -0.2) is 0 Å². The largest absolute Gasteiger partial charge is 0.317 e. The number of hydrogen-bond donors (Lipinski definition) is 1. The van der Waals surface area contributed by atoms with Crippen molar-refractivity contribution in [2.24, 2.45) is 4.99 Å². The Hall–Kier alpha value is -0.630. The zero-order valence-electron chi connectivity index (χ0n) is 6.59. The first kappa shape index (κ1) is 7.48. The van der Waals surface area contributed by atoms with Crippen molar-refractivity contribution in [2.75, 3.05) is 7.05 Å². The number of hydrogen-bond acceptors (Lipinski definition) is 2. The van der Waals surface area contributed by atoms with Crippen molar-refractivity contribution in [2.45, 2.75) is 25.8 Å². The zero-order valence-corrected chi connectivity index (χ0v) is 6.59. The molecule has 1 aliphatic heterocycles. The van der Waals surface area contributed by atoms with Gasteiger partial charge in [0, 0.05) is 24.9 Å². The van der Waals surface area contributed by atoms with Crippen molar-refractivity contribution in [3.05, 3.63) is 11.8 Å². The Balaban J connectivity index is 2.26. The van der Waals surface area contributed by atoms with Gasteiger partial charge in [-0.15, -0.1) is 0 Å². The predicted molar refractivity (Wildman–Crippen MR) is 44.3 cm³/mol. The Morgan fingerprint density at radius 2 is 2.60 bits per heavy atom. The molecule has 0 aromatic carbocycles. The second-order valence-electron chi connectivity index (χ2n) is 2.72. The van der Waals surface area contributed by atoms with Crippen molar-refractivity contribution in [1.29, 1.82) is 0 Å². The van der Waals surface area contributed by atoms with Crippen LogP contribution < -0.4 is 5.32 Å². The maximum atomic E-state index is 4.04. The summed E-state index contributed by atoms with van der Waals surface area (Å²) in [4.78, 5) is 4.04. The molecule has 0 aliphatic carbocycles. The monoisotopic (exact) mass is 138 g/mol. The third kappa shape index (κ3) is 1.95. The van der Waals surface area contributed by atoms with Gasteiger partial charge in [-0.1, -0.05) is 0 Å². The molecule has 1 rings (SSSR count). The molecule has 0 aromatic rings. The minimum atomic E-state index is 0.577. The lowest BCUT2D eigenvalue weighted by atomic mass is 10.1. The standard InChI is InChI=1S/C8H14N2/c1-7(9-2)5-8-3-4-10-6-8/h4,6-7,9H,3,5H2,1-2H3. The van der Waals surface area contributed by atoms with Crippen molar-refractivity contribution >= 4 is 6.21 Å². The molecule has 0 saturated carbocycles. The lowest BCUT2D eigenvalue weighted by molar-refractivity contribution is 0.603. The van der Waals surface area contributed by atoms with Crippen LogP contribution in [-0.2, 0) is 0 Å². The van der Waals surface area contributed by atoms with E-state index in [1.807, 2.05) is 19.5 Å². The summed E-state index contributed by atoms with van der Waals surface area (Å²) < 4.78 is 0. The van der Waals surface area contributed by atoms with Gasteiger partial charge in [0.2, 0.25) is 0 Å². The van der Waals surface area contributed by atoms with E-state index >= 15 is 0 Å². The second-order valence-corrected chi connectivity index (χ2v) is 2.72. The van der Waals surface area contributed by atoms with Gasteiger partial charge in [0.15, 0.2) is 0 Å². The molecule has 0 aromatic heterocycles. The van der Waals surface area contributed by atoms with Crippen LogP contribution >= 0.6 is 0 Å². The molecule has 56 valence electrons. The topological polar surface area (TPSA) is 24.4 Å². The van der Waals surface area contributed by atoms with Crippen LogP contribution in [0.15, 0.2) is 16.8 Å². The molecule has 0 spiro atoms. The zero-order chi connectivity index (χ0) is 7.40. The van der Waals surface area contributed by atoms with E-state index in [4.69, 9.17) is 0 Å². The molecule has 1 aliphatic rings. The van der Waals surface area contributed by atoms with Gasteiger partial charge in [-0.05, 0) is 26.0 Å². The maximum absolute atomic E-state index is 4.04. The summed E-state index contributed by atoms with van der Waals surface area (Å²) in [5.74, 6) is 0. The predicted octanol–water partition coefficient (Wildman–Crippen LogP) is 1.34. The van der Waals surface area contributed by atoms with E-state index in [1.165, 1.54) is 5.57 Å². The van der Waals surface area contributed by atoms with Crippen LogP contribution in [0.2, 0.25) is 0 Å². The molecule has 2 nitrogen and oxygen atoms in total. The van der Waals surface area contributed by atoms with E-state index in [2.05, 4.69) is 17.2 Å². The average Bonchev–Trinajstić information content (AvgIpc) is 2.40. The van der Waals surface area contributed by atoms with Crippen molar-refractivity contribution in [3.8, 4) is 0 Å². The molecular weight excluding hydrogens is 124 g/mol. The SMILES string of the molecule is CNC(C)CC1=CN=CC1. The van der Waals surface area contributed by atoms with Crippen LogP contribution in [-0.4, -0.2) is 19.3 Å². The van der Waals surface area contributed by atoms with E-state index in [0.29, 0.717) is 6.04 Å². The quantitative estimate of drug-likeness (QED) is 0.625. The molecule has 0 saturated heterocycles. The maximum Gasteiger partial charge on any atom is 0.0260 e. The fraction of sp³-hybridized carbons (Fsp3) is 0.625. The first-order valence-corrected chi connectivity index (χ1v) is 3.69. The van der Waals surface area contributed by atoms with Crippen LogP contribution in [0.4, 0.5) is 0 Å². The van der Waals surface area contributed by atoms with Crippen molar-refractivity contribution in [3.63, 3.8) is 0 Å². The highest BCUT2D eigenvalue weighted by atomic mass is 14.9. The molecule has 1 heterocycles. The third-order valence-electron chi connectivity index (χ3n) is 1.78. The summed E-state index contributed by atoms with van der Waals surface area (Å²) in [6.45, 7) is 2.18. The Kier molecular flexibility index (Phi) is 2.63. The number of nitrogens with one attached hydrogen (secondary N) is 1. The normalized spacial score (nSPS) is 19.2. The first-order valence-electron chi connectivity index (χ1n) is 3.69. The van der Waals surface area contributed by atoms with Crippen LogP contribution in [0.3, 0.4) is 0 Å². The van der Waals surface area contributed by atoms with Gasteiger partial charge in [0.05, 0.1) is 0 Å². The van der Waals surface area contributed by atoms with E-state index in [9.17, 15) is 0 Å². The Morgan fingerprint density at radius 3 is 3.10 bits per heavy atom. The smallest absolute Gasteiger partial charge is 0.0260 e. The molecule has 10 heavy (non-hydrogen) atoms. The summed E-state index contributed by atoms with van der Waals surface area (Å²) in [6, 6.07) is 0.577. The highest BCUT2D eigenvalue weighted by molar-refractivity contribution is 5.65. The van der Waals surface area contributed by atoms with E-state index in [0.717, 1.165) is 12.8 Å². The van der Waals surface area contributed by atoms with E-state index < -0.39 is 0 Å². The van der Waals surface area contributed by atoms with Crippen LogP contribution in [0, 0.1) is 0 Å². The second kappa shape index (κ2) is 3.52. The highest BCUT2D eigenvalue weighted by Gasteiger charge is 2.04. The van der Waals surface area contributed by atoms with Gasteiger partial charge in [0.1, 0.15) is 0 Å². The van der Waals surface area contributed by atoms with Gasteiger partial charge in [-0.3, -0.25) is 4.99 Å². The van der Waals surface area contributed by atoms with Gasteiger partial charge in [0.25, 0.3) is 0 Å². The van der Waals surface area contributed by atoms with Crippen molar-refractivity contribution < 1.29 is 0 Å². The number of nitrogens with zero attached hydrogens (tertiary/aromatic N) is 1.